The molecule has 0 aliphatic heterocycles. The molecule has 0 radical (unpaired) electrons. The molecule has 0 bridgehead atoms. The lowest BCUT2D eigenvalue weighted by atomic mass is 10.1. The van der Waals surface area contributed by atoms with Gasteiger partial charge in [0.25, 0.3) is 0 Å². The summed E-state index contributed by atoms with van der Waals surface area (Å²) in [6, 6.07) is 14.3. The van der Waals surface area contributed by atoms with Crippen LogP contribution in [0.2, 0.25) is 0 Å². The minimum atomic E-state index is -0.211. The summed E-state index contributed by atoms with van der Waals surface area (Å²) < 4.78 is 18.4. The van der Waals surface area contributed by atoms with Gasteiger partial charge in [-0.15, -0.1) is 0 Å². The molecule has 86 valence electrons. The van der Waals surface area contributed by atoms with Gasteiger partial charge in [-0.05, 0) is 23.8 Å². The molecule has 2 rings (SSSR count). The molecule has 0 saturated heterocycles. The van der Waals surface area contributed by atoms with Crippen molar-refractivity contribution in [2.24, 2.45) is 0 Å². The smallest absolute Gasteiger partial charge is 0.130 e. The molecule has 0 amide bonds. The molecule has 0 aromatic heterocycles. The minimum absolute atomic E-state index is 0.211. The summed E-state index contributed by atoms with van der Waals surface area (Å²) in [6.07, 6.45) is 3.63. The third-order valence-corrected chi connectivity index (χ3v) is 2.48. The first kappa shape index (κ1) is 11.4. The van der Waals surface area contributed by atoms with Gasteiger partial charge in [-0.3, -0.25) is 0 Å². The number of rotatable bonds is 3. The van der Waals surface area contributed by atoms with Gasteiger partial charge in [-0.2, -0.15) is 0 Å². The van der Waals surface area contributed by atoms with Crippen LogP contribution in [0.15, 0.2) is 48.5 Å². The lowest BCUT2D eigenvalue weighted by Gasteiger charge is -1.99. The van der Waals surface area contributed by atoms with Crippen molar-refractivity contribution in [1.29, 1.82) is 0 Å². The van der Waals surface area contributed by atoms with Crippen LogP contribution >= 0.6 is 0 Å². The fraction of sp³-hybridized carbons (Fsp3) is 0.0667. The lowest BCUT2D eigenvalue weighted by molar-refractivity contribution is 0.415. The second kappa shape index (κ2) is 5.30. The molecule has 0 aliphatic rings. The summed E-state index contributed by atoms with van der Waals surface area (Å²) in [4.78, 5) is 0. The Labute approximate surface area is 100 Å². The van der Waals surface area contributed by atoms with E-state index in [0.717, 1.165) is 11.3 Å². The molecule has 0 heterocycles. The van der Waals surface area contributed by atoms with Crippen LogP contribution in [0.1, 0.15) is 11.1 Å². The molecule has 0 spiro atoms. The van der Waals surface area contributed by atoms with Crippen LogP contribution in [0.4, 0.5) is 4.39 Å². The molecule has 2 aromatic rings. The normalized spacial score (nSPS) is 10.7. The predicted octanol–water partition coefficient (Wildman–Crippen LogP) is 4.00. The molecule has 2 aromatic carbocycles. The van der Waals surface area contributed by atoms with E-state index in [1.807, 2.05) is 36.4 Å². The van der Waals surface area contributed by atoms with Gasteiger partial charge < -0.3 is 4.74 Å². The fourth-order valence-electron chi connectivity index (χ4n) is 1.51. The van der Waals surface area contributed by atoms with Crippen LogP contribution in [0.25, 0.3) is 12.2 Å². The highest BCUT2D eigenvalue weighted by Gasteiger charge is 1.95. The van der Waals surface area contributed by atoms with Crippen molar-refractivity contribution in [3.05, 3.63) is 65.5 Å². The van der Waals surface area contributed by atoms with Crippen LogP contribution in [0, 0.1) is 5.82 Å². The van der Waals surface area contributed by atoms with E-state index in [2.05, 4.69) is 0 Å². The van der Waals surface area contributed by atoms with Gasteiger partial charge >= 0.3 is 0 Å². The van der Waals surface area contributed by atoms with Crippen LogP contribution in [-0.2, 0) is 0 Å². The highest BCUT2D eigenvalue weighted by molar-refractivity contribution is 5.70. The predicted molar refractivity (Wildman–Crippen MR) is 68.3 cm³/mol. The Bertz CT molecular complexity index is 515. The monoisotopic (exact) mass is 228 g/mol. The van der Waals surface area contributed by atoms with Gasteiger partial charge in [0.1, 0.15) is 11.6 Å². The number of hydrogen-bond donors (Lipinski definition) is 0. The summed E-state index contributed by atoms with van der Waals surface area (Å²) in [7, 11) is 1.63. The van der Waals surface area contributed by atoms with Crippen molar-refractivity contribution >= 4 is 12.2 Å². The average Bonchev–Trinajstić information content (AvgIpc) is 2.38. The van der Waals surface area contributed by atoms with Crippen molar-refractivity contribution in [1.82, 2.24) is 0 Å². The molecule has 17 heavy (non-hydrogen) atoms. The molecular weight excluding hydrogens is 215 g/mol. The van der Waals surface area contributed by atoms with E-state index in [1.54, 1.807) is 25.3 Å². The van der Waals surface area contributed by atoms with E-state index in [-0.39, 0.29) is 5.82 Å². The third kappa shape index (κ3) is 2.94. The minimum Gasteiger partial charge on any atom is -0.497 e. The number of methoxy groups -OCH3 is 1. The molecule has 0 fully saturated rings. The van der Waals surface area contributed by atoms with Crippen molar-refractivity contribution in [3.8, 4) is 5.75 Å². The van der Waals surface area contributed by atoms with Gasteiger partial charge in [-0.1, -0.05) is 42.5 Å². The zero-order valence-electron chi connectivity index (χ0n) is 9.56. The SMILES string of the molecule is COc1ccc(/C=C/c2ccccc2F)cc1. The molecule has 1 nitrogen and oxygen atoms in total. The van der Waals surface area contributed by atoms with Crippen molar-refractivity contribution in [2.75, 3.05) is 7.11 Å². The van der Waals surface area contributed by atoms with Gasteiger partial charge in [0.2, 0.25) is 0 Å². The Morgan fingerprint density at radius 3 is 2.29 bits per heavy atom. The molecule has 2 heteroatoms. The van der Waals surface area contributed by atoms with E-state index >= 15 is 0 Å². The molecule has 0 unspecified atom stereocenters. The lowest BCUT2D eigenvalue weighted by Crippen LogP contribution is -1.82. The highest BCUT2D eigenvalue weighted by Crippen LogP contribution is 2.15. The molecule has 0 N–H and O–H groups in total. The largest absolute Gasteiger partial charge is 0.497 e. The summed E-state index contributed by atoms with van der Waals surface area (Å²) in [5, 5.41) is 0. The van der Waals surface area contributed by atoms with Gasteiger partial charge in [-0.25, -0.2) is 4.39 Å². The van der Waals surface area contributed by atoms with Crippen molar-refractivity contribution in [3.63, 3.8) is 0 Å². The van der Waals surface area contributed by atoms with Crippen LogP contribution in [0.5, 0.6) is 5.75 Å². The quantitative estimate of drug-likeness (QED) is 0.721. The topological polar surface area (TPSA) is 9.23 Å². The zero-order chi connectivity index (χ0) is 12.1. The standard InChI is InChI=1S/C15H13FO/c1-17-14-10-7-12(8-11-14)6-9-13-4-2-3-5-15(13)16/h2-11H,1H3/b9-6+. The Morgan fingerprint density at radius 1 is 0.941 bits per heavy atom. The summed E-state index contributed by atoms with van der Waals surface area (Å²) in [5.41, 5.74) is 1.59. The van der Waals surface area contributed by atoms with Gasteiger partial charge in [0, 0.05) is 5.56 Å². The Hall–Kier alpha value is -2.09. The van der Waals surface area contributed by atoms with Crippen LogP contribution in [0.3, 0.4) is 0 Å². The number of ether oxygens (including phenoxy) is 1. The Balaban J connectivity index is 2.17. The number of halogens is 1. The first-order valence-electron chi connectivity index (χ1n) is 5.36. The van der Waals surface area contributed by atoms with Crippen molar-refractivity contribution in [2.45, 2.75) is 0 Å². The molecular formula is C15H13FO. The maximum absolute atomic E-state index is 13.3. The van der Waals surface area contributed by atoms with Crippen LogP contribution in [-0.4, -0.2) is 7.11 Å². The number of hydrogen-bond acceptors (Lipinski definition) is 1. The van der Waals surface area contributed by atoms with E-state index in [0.29, 0.717) is 5.56 Å². The number of benzene rings is 2. The molecule has 0 atom stereocenters. The highest BCUT2D eigenvalue weighted by atomic mass is 19.1. The fourth-order valence-corrected chi connectivity index (χ4v) is 1.51. The first-order valence-corrected chi connectivity index (χ1v) is 5.36. The maximum atomic E-state index is 13.3. The second-order valence-corrected chi connectivity index (χ2v) is 3.63. The second-order valence-electron chi connectivity index (χ2n) is 3.63. The summed E-state index contributed by atoms with van der Waals surface area (Å²) >= 11 is 0. The third-order valence-electron chi connectivity index (χ3n) is 2.48. The van der Waals surface area contributed by atoms with E-state index in [1.165, 1.54) is 6.07 Å². The maximum Gasteiger partial charge on any atom is 0.130 e. The van der Waals surface area contributed by atoms with E-state index in [9.17, 15) is 4.39 Å². The first-order chi connectivity index (χ1) is 8.29. The average molecular weight is 228 g/mol. The van der Waals surface area contributed by atoms with E-state index < -0.39 is 0 Å². The zero-order valence-corrected chi connectivity index (χ0v) is 9.56. The molecule has 0 saturated carbocycles. The van der Waals surface area contributed by atoms with E-state index in [4.69, 9.17) is 4.74 Å². The Morgan fingerprint density at radius 2 is 1.65 bits per heavy atom. The van der Waals surface area contributed by atoms with Gasteiger partial charge in [0.05, 0.1) is 7.11 Å². The Kier molecular flexibility index (Phi) is 3.55. The summed E-state index contributed by atoms with van der Waals surface area (Å²) in [5.74, 6) is 0.602. The molecule has 0 aliphatic carbocycles. The van der Waals surface area contributed by atoms with Crippen LogP contribution < -0.4 is 4.74 Å². The van der Waals surface area contributed by atoms with Gasteiger partial charge in [0.15, 0.2) is 0 Å². The van der Waals surface area contributed by atoms with Crippen molar-refractivity contribution < 1.29 is 9.13 Å². The summed E-state index contributed by atoms with van der Waals surface area (Å²) in [6.45, 7) is 0.